The summed E-state index contributed by atoms with van der Waals surface area (Å²) in [4.78, 5) is 12.2. The molecule has 0 aliphatic carbocycles. The Hall–Kier alpha value is -1.06. The number of benzene rings is 1. The zero-order valence-corrected chi connectivity index (χ0v) is 13.0. The van der Waals surface area contributed by atoms with Crippen LogP contribution >= 0.6 is 11.6 Å². The van der Waals surface area contributed by atoms with Gasteiger partial charge in [0.25, 0.3) is 0 Å². The topological polar surface area (TPSA) is 41.1 Å². The number of halogens is 1. The van der Waals surface area contributed by atoms with E-state index in [4.69, 9.17) is 11.6 Å². The number of carbonyl (C=O) groups is 1. The SMILES string of the molecule is Cc1ccc(Cl)cc1NC(=O)CC(C)C1CCNCC1. The molecule has 1 aromatic carbocycles. The molecule has 1 heterocycles. The lowest BCUT2D eigenvalue weighted by Gasteiger charge is -2.28. The quantitative estimate of drug-likeness (QED) is 0.890. The predicted octanol–water partition coefficient (Wildman–Crippen LogP) is 3.61. The van der Waals surface area contributed by atoms with Crippen molar-refractivity contribution in [3.8, 4) is 0 Å². The van der Waals surface area contributed by atoms with Gasteiger partial charge in [0.15, 0.2) is 0 Å². The van der Waals surface area contributed by atoms with Crippen molar-refractivity contribution in [3.63, 3.8) is 0 Å². The van der Waals surface area contributed by atoms with Gasteiger partial charge in [-0.25, -0.2) is 0 Å². The zero-order chi connectivity index (χ0) is 14.5. The molecule has 1 fully saturated rings. The van der Waals surface area contributed by atoms with E-state index in [1.165, 1.54) is 12.8 Å². The third-order valence-electron chi connectivity index (χ3n) is 4.17. The third kappa shape index (κ3) is 4.22. The summed E-state index contributed by atoms with van der Waals surface area (Å²) in [7, 11) is 0. The molecule has 0 radical (unpaired) electrons. The molecular weight excluding hydrogens is 272 g/mol. The summed E-state index contributed by atoms with van der Waals surface area (Å²) in [6.07, 6.45) is 2.92. The molecule has 3 nitrogen and oxygen atoms in total. The molecule has 2 rings (SSSR count). The van der Waals surface area contributed by atoms with Gasteiger partial charge >= 0.3 is 0 Å². The second-order valence-electron chi connectivity index (χ2n) is 5.78. The summed E-state index contributed by atoms with van der Waals surface area (Å²) in [5.74, 6) is 1.17. The van der Waals surface area contributed by atoms with Crippen LogP contribution in [0.3, 0.4) is 0 Å². The molecule has 1 aliphatic rings. The second kappa shape index (κ2) is 7.09. The monoisotopic (exact) mass is 294 g/mol. The van der Waals surface area contributed by atoms with E-state index in [-0.39, 0.29) is 5.91 Å². The molecule has 1 saturated heterocycles. The number of nitrogens with one attached hydrogen (secondary N) is 2. The number of aryl methyl sites for hydroxylation is 1. The lowest BCUT2D eigenvalue weighted by molar-refractivity contribution is -0.117. The van der Waals surface area contributed by atoms with Crippen molar-refractivity contribution in [2.24, 2.45) is 11.8 Å². The first-order chi connectivity index (χ1) is 9.56. The fourth-order valence-electron chi connectivity index (χ4n) is 2.80. The van der Waals surface area contributed by atoms with Gasteiger partial charge in [-0.2, -0.15) is 0 Å². The third-order valence-corrected chi connectivity index (χ3v) is 4.40. The summed E-state index contributed by atoms with van der Waals surface area (Å²) in [6, 6.07) is 5.57. The van der Waals surface area contributed by atoms with Crippen molar-refractivity contribution in [1.29, 1.82) is 0 Å². The van der Waals surface area contributed by atoms with E-state index in [1.807, 2.05) is 25.1 Å². The average Bonchev–Trinajstić information content (AvgIpc) is 2.43. The van der Waals surface area contributed by atoms with Gasteiger partial charge in [-0.1, -0.05) is 24.6 Å². The summed E-state index contributed by atoms with van der Waals surface area (Å²) in [5, 5.41) is 6.99. The lowest BCUT2D eigenvalue weighted by atomic mass is 9.84. The van der Waals surface area contributed by atoms with Crippen molar-refractivity contribution in [2.75, 3.05) is 18.4 Å². The van der Waals surface area contributed by atoms with Crippen molar-refractivity contribution in [1.82, 2.24) is 5.32 Å². The minimum Gasteiger partial charge on any atom is -0.326 e. The Morgan fingerprint density at radius 1 is 1.45 bits per heavy atom. The van der Waals surface area contributed by atoms with E-state index in [0.717, 1.165) is 24.3 Å². The van der Waals surface area contributed by atoms with E-state index in [9.17, 15) is 4.79 Å². The average molecular weight is 295 g/mol. The minimum absolute atomic E-state index is 0.0846. The van der Waals surface area contributed by atoms with Crippen LogP contribution in [0.15, 0.2) is 18.2 Å². The highest BCUT2D eigenvalue weighted by molar-refractivity contribution is 6.31. The van der Waals surface area contributed by atoms with Crippen LogP contribution in [0.2, 0.25) is 5.02 Å². The maximum atomic E-state index is 12.2. The van der Waals surface area contributed by atoms with E-state index in [1.54, 1.807) is 0 Å². The first-order valence-corrected chi connectivity index (χ1v) is 7.71. The van der Waals surface area contributed by atoms with Crippen LogP contribution in [-0.2, 0) is 4.79 Å². The highest BCUT2D eigenvalue weighted by Gasteiger charge is 2.22. The van der Waals surface area contributed by atoms with Crippen LogP contribution in [-0.4, -0.2) is 19.0 Å². The van der Waals surface area contributed by atoms with Crippen LogP contribution in [0.1, 0.15) is 31.7 Å². The Bertz CT molecular complexity index is 470. The maximum Gasteiger partial charge on any atom is 0.224 e. The summed E-state index contributed by atoms with van der Waals surface area (Å²) in [5.41, 5.74) is 1.86. The highest BCUT2D eigenvalue weighted by Crippen LogP contribution is 2.25. The van der Waals surface area contributed by atoms with Gasteiger partial charge in [0.05, 0.1) is 0 Å². The lowest BCUT2D eigenvalue weighted by Crippen LogP contribution is -2.32. The zero-order valence-electron chi connectivity index (χ0n) is 12.2. The Kier molecular flexibility index (Phi) is 5.44. The first-order valence-electron chi connectivity index (χ1n) is 7.33. The van der Waals surface area contributed by atoms with Gasteiger partial charge in [-0.15, -0.1) is 0 Å². The number of hydrogen-bond donors (Lipinski definition) is 2. The van der Waals surface area contributed by atoms with Crippen LogP contribution in [0, 0.1) is 18.8 Å². The summed E-state index contributed by atoms with van der Waals surface area (Å²) in [6.45, 7) is 6.30. The maximum absolute atomic E-state index is 12.2. The van der Waals surface area contributed by atoms with E-state index in [0.29, 0.717) is 23.3 Å². The fraction of sp³-hybridized carbons (Fsp3) is 0.562. The Morgan fingerprint density at radius 2 is 2.15 bits per heavy atom. The van der Waals surface area contributed by atoms with Crippen molar-refractivity contribution >= 4 is 23.2 Å². The van der Waals surface area contributed by atoms with Gasteiger partial charge in [0.1, 0.15) is 0 Å². The van der Waals surface area contributed by atoms with Gasteiger partial charge in [-0.3, -0.25) is 4.79 Å². The molecule has 20 heavy (non-hydrogen) atoms. The Labute approximate surface area is 126 Å². The van der Waals surface area contributed by atoms with Crippen LogP contribution in [0.5, 0.6) is 0 Å². The standard InChI is InChI=1S/C16H23ClN2O/c1-11-3-4-14(17)10-15(11)19-16(20)9-12(2)13-5-7-18-8-6-13/h3-4,10,12-13,18H,5-9H2,1-2H3,(H,19,20). The number of amides is 1. The fourth-order valence-corrected chi connectivity index (χ4v) is 2.97. The molecule has 0 aromatic heterocycles. The largest absolute Gasteiger partial charge is 0.326 e. The normalized spacial score (nSPS) is 17.8. The highest BCUT2D eigenvalue weighted by atomic mass is 35.5. The Balaban J connectivity index is 1.89. The van der Waals surface area contributed by atoms with Crippen LogP contribution in [0.25, 0.3) is 0 Å². The number of anilines is 1. The molecule has 0 saturated carbocycles. The minimum atomic E-state index is 0.0846. The smallest absolute Gasteiger partial charge is 0.224 e. The van der Waals surface area contributed by atoms with Crippen molar-refractivity contribution in [2.45, 2.75) is 33.1 Å². The first kappa shape index (κ1) is 15.3. The molecule has 4 heteroatoms. The molecule has 1 aliphatic heterocycles. The summed E-state index contributed by atoms with van der Waals surface area (Å²) >= 11 is 5.97. The van der Waals surface area contributed by atoms with E-state index in [2.05, 4.69) is 17.6 Å². The number of carbonyl (C=O) groups excluding carboxylic acids is 1. The molecule has 0 bridgehead atoms. The van der Waals surface area contributed by atoms with Crippen LogP contribution in [0.4, 0.5) is 5.69 Å². The molecule has 1 atom stereocenters. The van der Waals surface area contributed by atoms with Crippen LogP contribution < -0.4 is 10.6 Å². The van der Waals surface area contributed by atoms with Gasteiger partial charge < -0.3 is 10.6 Å². The molecule has 0 spiro atoms. The van der Waals surface area contributed by atoms with Crippen molar-refractivity contribution in [3.05, 3.63) is 28.8 Å². The summed E-state index contributed by atoms with van der Waals surface area (Å²) < 4.78 is 0. The number of rotatable bonds is 4. The van der Waals surface area contributed by atoms with E-state index >= 15 is 0 Å². The number of piperidine rings is 1. The van der Waals surface area contributed by atoms with Crippen molar-refractivity contribution < 1.29 is 4.79 Å². The van der Waals surface area contributed by atoms with Gasteiger partial charge in [0, 0.05) is 17.1 Å². The molecule has 2 N–H and O–H groups in total. The predicted molar refractivity (Wildman–Crippen MR) is 84.2 cm³/mol. The van der Waals surface area contributed by atoms with Gasteiger partial charge in [-0.05, 0) is 62.4 Å². The molecule has 110 valence electrons. The van der Waals surface area contributed by atoms with E-state index < -0.39 is 0 Å². The van der Waals surface area contributed by atoms with Gasteiger partial charge in [0.2, 0.25) is 5.91 Å². The molecule has 1 aromatic rings. The Morgan fingerprint density at radius 3 is 2.85 bits per heavy atom. The second-order valence-corrected chi connectivity index (χ2v) is 6.21. The molecule has 1 unspecified atom stereocenters. The number of hydrogen-bond acceptors (Lipinski definition) is 2. The molecular formula is C16H23ClN2O. The molecule has 1 amide bonds.